The van der Waals surface area contributed by atoms with Crippen LogP contribution in [0.5, 0.6) is 0 Å². The topological polar surface area (TPSA) is 95.7 Å². The molecule has 0 aliphatic carbocycles. The predicted molar refractivity (Wildman–Crippen MR) is 140 cm³/mol. The Kier molecular flexibility index (Phi) is 7.45. The van der Waals surface area contributed by atoms with Gasteiger partial charge in [0.2, 0.25) is 0 Å². The molecule has 1 atom stereocenters. The number of hydrogen-bond acceptors (Lipinski definition) is 6. The lowest BCUT2D eigenvalue weighted by atomic mass is 10.1. The number of carbonyl (C=O) groups is 3. The third-order valence-corrected chi connectivity index (χ3v) is 7.91. The second kappa shape index (κ2) is 10.7. The molecule has 0 bridgehead atoms. The van der Waals surface area contributed by atoms with Crippen LogP contribution in [0, 0.1) is 0 Å². The Morgan fingerprint density at radius 2 is 2.00 bits per heavy atom. The van der Waals surface area contributed by atoms with Gasteiger partial charge in [0.15, 0.2) is 0 Å². The average Bonchev–Trinajstić information content (AvgIpc) is 3.54. The number of thioether (sulfide) groups is 1. The van der Waals surface area contributed by atoms with Gasteiger partial charge in [-0.25, -0.2) is 0 Å². The number of rotatable bonds is 7. The highest BCUT2D eigenvalue weighted by molar-refractivity contribution is 8.18. The number of alkyl halides is 3. The Morgan fingerprint density at radius 1 is 1.21 bits per heavy atom. The van der Waals surface area contributed by atoms with Gasteiger partial charge in [-0.15, -0.1) is 0 Å². The molecule has 13 heteroatoms. The second-order valence-corrected chi connectivity index (χ2v) is 10.8. The lowest BCUT2D eigenvalue weighted by Crippen LogP contribution is -2.43. The third-order valence-electron chi connectivity index (χ3n) is 6.77. The van der Waals surface area contributed by atoms with E-state index < -0.39 is 28.9 Å². The van der Waals surface area contributed by atoms with Gasteiger partial charge < -0.3 is 5.11 Å². The summed E-state index contributed by atoms with van der Waals surface area (Å²) in [5.74, 6) is -1.39. The summed E-state index contributed by atoms with van der Waals surface area (Å²) >= 11 is 6.60. The van der Waals surface area contributed by atoms with Crippen LogP contribution in [-0.2, 0) is 22.3 Å². The maximum absolute atomic E-state index is 13.5. The van der Waals surface area contributed by atoms with E-state index in [4.69, 9.17) is 16.7 Å². The van der Waals surface area contributed by atoms with E-state index in [2.05, 4.69) is 5.10 Å². The van der Waals surface area contributed by atoms with Crippen molar-refractivity contribution in [3.63, 3.8) is 0 Å². The van der Waals surface area contributed by atoms with Crippen LogP contribution < -0.4 is 0 Å². The molecule has 0 spiro atoms. The number of aliphatic carboxylic acids is 1. The largest absolute Gasteiger partial charge is 0.480 e. The average molecular weight is 579 g/mol. The summed E-state index contributed by atoms with van der Waals surface area (Å²) in [6.07, 6.45) is 0.0547. The quantitative estimate of drug-likeness (QED) is 0.378. The summed E-state index contributed by atoms with van der Waals surface area (Å²) in [7, 11) is 0. The molecule has 3 heterocycles. The molecule has 2 aliphatic heterocycles. The Hall–Kier alpha value is -3.35. The van der Waals surface area contributed by atoms with Gasteiger partial charge in [0, 0.05) is 23.0 Å². The van der Waals surface area contributed by atoms with Gasteiger partial charge in [0.25, 0.3) is 11.1 Å². The fourth-order valence-corrected chi connectivity index (χ4v) is 5.96. The van der Waals surface area contributed by atoms with E-state index in [1.54, 1.807) is 29.2 Å². The van der Waals surface area contributed by atoms with Crippen molar-refractivity contribution in [3.05, 3.63) is 69.2 Å². The molecule has 1 aromatic heterocycles. The van der Waals surface area contributed by atoms with Crippen LogP contribution in [0.4, 0.5) is 18.0 Å². The lowest BCUT2D eigenvalue weighted by molar-refractivity contribution is -0.139. The Balaban J connectivity index is 1.34. The molecule has 2 saturated heterocycles. The third kappa shape index (κ3) is 5.82. The van der Waals surface area contributed by atoms with Crippen LogP contribution >= 0.6 is 23.4 Å². The fourth-order valence-electron chi connectivity index (χ4n) is 4.94. The first-order valence-electron chi connectivity index (χ1n) is 12.0. The van der Waals surface area contributed by atoms with Gasteiger partial charge in [0.1, 0.15) is 0 Å². The molecule has 0 radical (unpaired) electrons. The van der Waals surface area contributed by atoms with Crippen molar-refractivity contribution in [2.75, 3.05) is 19.6 Å². The molecule has 8 nitrogen and oxygen atoms in total. The Morgan fingerprint density at radius 3 is 2.74 bits per heavy atom. The minimum Gasteiger partial charge on any atom is -0.480 e. The maximum Gasteiger partial charge on any atom is 0.416 e. The van der Waals surface area contributed by atoms with E-state index in [1.807, 2.05) is 0 Å². The summed E-state index contributed by atoms with van der Waals surface area (Å²) in [6, 6.07) is 8.56. The van der Waals surface area contributed by atoms with Gasteiger partial charge in [-0.2, -0.15) is 18.3 Å². The summed E-state index contributed by atoms with van der Waals surface area (Å²) in [6.45, 7) is 0.478. The minimum atomic E-state index is -4.56. The Bertz CT molecular complexity index is 1510. The van der Waals surface area contributed by atoms with E-state index >= 15 is 0 Å². The second-order valence-electron chi connectivity index (χ2n) is 9.37. The normalized spacial score (nSPS) is 19.6. The summed E-state index contributed by atoms with van der Waals surface area (Å²) in [5, 5.41) is 13.6. The first-order chi connectivity index (χ1) is 18.5. The van der Waals surface area contributed by atoms with Crippen LogP contribution in [0.2, 0.25) is 5.02 Å². The van der Waals surface area contributed by atoms with Crippen molar-refractivity contribution >= 4 is 57.5 Å². The van der Waals surface area contributed by atoms with Crippen molar-refractivity contribution in [2.45, 2.75) is 31.6 Å². The Labute approximate surface area is 230 Å². The van der Waals surface area contributed by atoms with Crippen LogP contribution in [0.15, 0.2) is 47.5 Å². The standard InChI is InChI=1S/C26H22ClF3N4O4S/c27-18-5-4-16(20(10-18)26(28,29)30)12-34-21-6-3-15(8-17(21)11-31-34)9-22-24(37)33(25(38)39-22)13-19-2-1-7-32(19)14-23(35)36/h3-6,8-11,19H,1-2,7,12-14H2,(H,35,36)/t19-/m0/s1. The van der Waals surface area contributed by atoms with Gasteiger partial charge in [-0.3, -0.25) is 28.9 Å². The molecule has 3 aromatic rings. The number of carboxylic acid groups (broad SMARTS) is 1. The summed E-state index contributed by atoms with van der Waals surface area (Å²) in [5.41, 5.74) is 0.431. The molecule has 0 saturated carbocycles. The van der Waals surface area contributed by atoms with E-state index in [9.17, 15) is 27.6 Å². The SMILES string of the molecule is O=C(O)CN1CCC[C@H]1CN1C(=O)SC(=Cc2ccc3c(cnn3Cc3ccc(Cl)cc3C(F)(F)F)c2)C1=O. The van der Waals surface area contributed by atoms with Gasteiger partial charge >= 0.3 is 12.1 Å². The molecule has 204 valence electrons. The summed E-state index contributed by atoms with van der Waals surface area (Å²) in [4.78, 5) is 39.9. The van der Waals surface area contributed by atoms with Crippen molar-refractivity contribution in [3.8, 4) is 0 Å². The molecule has 39 heavy (non-hydrogen) atoms. The first kappa shape index (κ1) is 27.2. The predicted octanol–water partition coefficient (Wildman–Crippen LogP) is 5.34. The number of carboxylic acids is 1. The number of halogens is 4. The number of fused-ring (bicyclic) bond motifs is 1. The molecule has 1 N–H and O–H groups in total. The van der Waals surface area contributed by atoms with Crippen molar-refractivity contribution in [1.29, 1.82) is 0 Å². The lowest BCUT2D eigenvalue weighted by Gasteiger charge is -2.25. The highest BCUT2D eigenvalue weighted by Crippen LogP contribution is 2.36. The number of imide groups is 1. The van der Waals surface area contributed by atoms with E-state index in [0.717, 1.165) is 29.1 Å². The van der Waals surface area contributed by atoms with Crippen LogP contribution in [-0.4, -0.2) is 67.5 Å². The van der Waals surface area contributed by atoms with Crippen molar-refractivity contribution in [2.24, 2.45) is 0 Å². The molecule has 2 aromatic carbocycles. The number of likely N-dealkylation sites (tertiary alicyclic amines) is 1. The smallest absolute Gasteiger partial charge is 0.416 e. The molecule has 5 rings (SSSR count). The molecule has 0 unspecified atom stereocenters. The van der Waals surface area contributed by atoms with Gasteiger partial charge in [-0.05, 0) is 72.6 Å². The van der Waals surface area contributed by atoms with Gasteiger partial charge in [0.05, 0.1) is 35.3 Å². The highest BCUT2D eigenvalue weighted by atomic mass is 35.5. The van der Waals surface area contributed by atoms with Crippen molar-refractivity contribution < 1.29 is 32.7 Å². The van der Waals surface area contributed by atoms with E-state index in [0.29, 0.717) is 29.4 Å². The monoisotopic (exact) mass is 578 g/mol. The molecular weight excluding hydrogens is 557 g/mol. The zero-order valence-corrected chi connectivity index (χ0v) is 21.9. The zero-order valence-electron chi connectivity index (χ0n) is 20.3. The number of hydrogen-bond donors (Lipinski definition) is 1. The maximum atomic E-state index is 13.5. The molecule has 2 amide bonds. The number of nitrogens with zero attached hydrogens (tertiary/aromatic N) is 4. The van der Waals surface area contributed by atoms with Crippen molar-refractivity contribution in [1.82, 2.24) is 19.6 Å². The van der Waals surface area contributed by atoms with E-state index in [1.165, 1.54) is 23.0 Å². The van der Waals surface area contributed by atoms with E-state index in [-0.39, 0.29) is 41.2 Å². The van der Waals surface area contributed by atoms with Crippen LogP contribution in [0.1, 0.15) is 29.5 Å². The first-order valence-corrected chi connectivity index (χ1v) is 13.2. The van der Waals surface area contributed by atoms with Crippen LogP contribution in [0.25, 0.3) is 17.0 Å². The fraction of sp³-hybridized carbons (Fsp3) is 0.308. The van der Waals surface area contributed by atoms with Gasteiger partial charge in [-0.1, -0.05) is 23.7 Å². The molecular formula is C26H22ClF3N4O4S. The minimum absolute atomic E-state index is 0.00807. The number of carbonyl (C=O) groups excluding carboxylic acids is 2. The number of benzene rings is 2. The van der Waals surface area contributed by atoms with Crippen LogP contribution in [0.3, 0.4) is 0 Å². The zero-order chi connectivity index (χ0) is 27.9. The number of aromatic nitrogens is 2. The molecule has 2 fully saturated rings. The summed E-state index contributed by atoms with van der Waals surface area (Å²) < 4.78 is 42.0. The number of amides is 2. The highest BCUT2D eigenvalue weighted by Gasteiger charge is 2.39. The molecule has 2 aliphatic rings.